The van der Waals surface area contributed by atoms with Crippen molar-refractivity contribution in [1.29, 1.82) is 0 Å². The molecule has 3 N–H and O–H groups in total. The van der Waals surface area contributed by atoms with Crippen LogP contribution in [0.2, 0.25) is 0 Å². The Morgan fingerprint density at radius 1 is 1.26 bits per heavy atom. The van der Waals surface area contributed by atoms with Crippen molar-refractivity contribution in [3.8, 4) is 0 Å². The molecule has 1 rings (SSSR count). The Morgan fingerprint density at radius 3 is 2.26 bits per heavy atom. The van der Waals surface area contributed by atoms with Gasteiger partial charge in [0.25, 0.3) is 10.1 Å². The maximum Gasteiger partial charge on any atom is 0.335 e. The summed E-state index contributed by atoms with van der Waals surface area (Å²) < 4.78 is 31.4. The van der Waals surface area contributed by atoms with E-state index in [9.17, 15) is 18.0 Å². The minimum Gasteiger partial charge on any atom is -0.481 e. The second-order valence-electron chi connectivity index (χ2n) is 4.05. The van der Waals surface area contributed by atoms with E-state index in [1.807, 2.05) is 0 Å². The summed E-state index contributed by atoms with van der Waals surface area (Å²) in [4.78, 5) is 20.9. The molecule has 1 unspecified atom stereocenters. The number of carboxylic acid groups (broad SMARTS) is 2. The van der Waals surface area contributed by atoms with E-state index in [0.717, 1.165) is 12.1 Å². The first kappa shape index (κ1) is 15.1. The van der Waals surface area contributed by atoms with Crippen LogP contribution in [0.15, 0.2) is 23.1 Å². The zero-order valence-corrected chi connectivity index (χ0v) is 10.7. The number of hydrogen-bond acceptors (Lipinski definition) is 4. The van der Waals surface area contributed by atoms with Crippen molar-refractivity contribution < 1.29 is 32.8 Å². The molecular weight excluding hydrogens is 276 g/mol. The summed E-state index contributed by atoms with van der Waals surface area (Å²) in [7, 11) is -4.62. The summed E-state index contributed by atoms with van der Waals surface area (Å²) in [5.41, 5.74) is -0.248. The number of carbonyl (C=O) groups is 2. The summed E-state index contributed by atoms with van der Waals surface area (Å²) in [6.45, 7) is 1.38. The van der Waals surface area contributed by atoms with Gasteiger partial charge in [-0.2, -0.15) is 8.42 Å². The highest BCUT2D eigenvalue weighted by molar-refractivity contribution is 7.85. The van der Waals surface area contributed by atoms with Crippen LogP contribution in [-0.4, -0.2) is 35.1 Å². The Hall–Kier alpha value is -1.93. The topological polar surface area (TPSA) is 129 Å². The predicted octanol–water partition coefficient (Wildman–Crippen LogP) is 0.895. The van der Waals surface area contributed by atoms with Gasteiger partial charge in [0.2, 0.25) is 0 Å². The third kappa shape index (κ3) is 3.76. The molecule has 1 atom stereocenters. The maximum atomic E-state index is 11.2. The van der Waals surface area contributed by atoms with Crippen LogP contribution in [0.4, 0.5) is 0 Å². The lowest BCUT2D eigenvalue weighted by molar-refractivity contribution is -0.141. The van der Waals surface area contributed by atoms with Gasteiger partial charge in [-0.05, 0) is 24.1 Å². The van der Waals surface area contributed by atoms with Crippen molar-refractivity contribution in [3.63, 3.8) is 0 Å². The fraction of sp³-hybridized carbons (Fsp3) is 0.273. The second-order valence-corrected chi connectivity index (χ2v) is 5.44. The van der Waals surface area contributed by atoms with Gasteiger partial charge in [-0.1, -0.05) is 13.0 Å². The van der Waals surface area contributed by atoms with Gasteiger partial charge in [0, 0.05) is 0 Å². The number of hydrogen-bond donors (Lipinski definition) is 3. The van der Waals surface area contributed by atoms with Crippen molar-refractivity contribution >= 4 is 22.1 Å². The zero-order chi connectivity index (χ0) is 14.8. The summed E-state index contributed by atoms with van der Waals surface area (Å²) >= 11 is 0. The SMILES string of the molecule is CC(Cc1ccc(C(=O)O)cc1S(=O)(=O)O)C(=O)O. The van der Waals surface area contributed by atoms with Crippen LogP contribution in [0.3, 0.4) is 0 Å². The monoisotopic (exact) mass is 288 g/mol. The lowest BCUT2D eigenvalue weighted by atomic mass is 10.00. The number of carboxylic acids is 2. The molecule has 0 heterocycles. The third-order valence-electron chi connectivity index (χ3n) is 2.54. The van der Waals surface area contributed by atoms with Gasteiger partial charge in [-0.15, -0.1) is 0 Å². The van der Waals surface area contributed by atoms with E-state index < -0.39 is 32.9 Å². The van der Waals surface area contributed by atoms with E-state index in [-0.39, 0.29) is 17.5 Å². The van der Waals surface area contributed by atoms with E-state index in [1.54, 1.807) is 0 Å². The van der Waals surface area contributed by atoms with Gasteiger partial charge in [-0.3, -0.25) is 9.35 Å². The van der Waals surface area contributed by atoms with Gasteiger partial charge in [0.1, 0.15) is 0 Å². The minimum atomic E-state index is -4.62. The molecular formula is C11H12O7S. The highest BCUT2D eigenvalue weighted by Crippen LogP contribution is 2.21. The second kappa shape index (κ2) is 5.37. The van der Waals surface area contributed by atoms with E-state index in [2.05, 4.69) is 0 Å². The molecule has 0 saturated heterocycles. The number of rotatable bonds is 5. The Bertz CT molecular complexity index is 618. The average Bonchev–Trinajstić information content (AvgIpc) is 2.27. The first-order valence-electron chi connectivity index (χ1n) is 5.19. The molecule has 0 aliphatic carbocycles. The van der Waals surface area contributed by atoms with Gasteiger partial charge < -0.3 is 10.2 Å². The van der Waals surface area contributed by atoms with Gasteiger partial charge >= 0.3 is 11.9 Å². The first-order valence-corrected chi connectivity index (χ1v) is 6.63. The number of aliphatic carboxylic acids is 1. The third-order valence-corrected chi connectivity index (χ3v) is 3.48. The molecule has 1 aromatic rings. The van der Waals surface area contributed by atoms with E-state index >= 15 is 0 Å². The smallest absolute Gasteiger partial charge is 0.335 e. The summed E-state index contributed by atoms with van der Waals surface area (Å²) in [5.74, 6) is -3.33. The molecule has 7 nitrogen and oxygen atoms in total. The van der Waals surface area contributed by atoms with Crippen molar-refractivity contribution in [1.82, 2.24) is 0 Å². The van der Waals surface area contributed by atoms with Gasteiger partial charge in [0.15, 0.2) is 0 Å². The van der Waals surface area contributed by atoms with Crippen LogP contribution < -0.4 is 0 Å². The van der Waals surface area contributed by atoms with Gasteiger partial charge in [0.05, 0.1) is 16.4 Å². The van der Waals surface area contributed by atoms with Crippen LogP contribution in [0.25, 0.3) is 0 Å². The number of aromatic carboxylic acids is 1. The van der Waals surface area contributed by atoms with Crippen LogP contribution in [0, 0.1) is 5.92 Å². The molecule has 19 heavy (non-hydrogen) atoms. The molecule has 104 valence electrons. The van der Waals surface area contributed by atoms with Crippen LogP contribution in [0.5, 0.6) is 0 Å². The summed E-state index contributed by atoms with van der Waals surface area (Å²) in [6.07, 6.45) is -0.135. The number of benzene rings is 1. The normalized spacial score (nSPS) is 12.9. The summed E-state index contributed by atoms with van der Waals surface area (Å²) in [6, 6.07) is 3.15. The predicted molar refractivity (Wildman–Crippen MR) is 63.7 cm³/mol. The van der Waals surface area contributed by atoms with E-state index in [0.29, 0.717) is 0 Å². The zero-order valence-electron chi connectivity index (χ0n) is 9.90. The van der Waals surface area contributed by atoms with Crippen molar-refractivity contribution in [3.05, 3.63) is 29.3 Å². The molecule has 0 aliphatic heterocycles. The van der Waals surface area contributed by atoms with E-state index in [1.165, 1.54) is 13.0 Å². The first-order chi connectivity index (χ1) is 8.62. The summed E-state index contributed by atoms with van der Waals surface area (Å²) in [5, 5.41) is 17.5. The van der Waals surface area contributed by atoms with Crippen LogP contribution in [0.1, 0.15) is 22.8 Å². The molecule has 0 amide bonds. The fourth-order valence-corrected chi connectivity index (χ4v) is 2.27. The molecule has 0 radical (unpaired) electrons. The van der Waals surface area contributed by atoms with Crippen LogP contribution >= 0.6 is 0 Å². The van der Waals surface area contributed by atoms with Crippen molar-refractivity contribution in [2.75, 3.05) is 0 Å². The van der Waals surface area contributed by atoms with Gasteiger partial charge in [-0.25, -0.2) is 4.79 Å². The molecule has 0 bridgehead atoms. The molecule has 0 spiro atoms. The minimum absolute atomic E-state index is 0.0578. The largest absolute Gasteiger partial charge is 0.481 e. The molecule has 0 saturated carbocycles. The van der Waals surface area contributed by atoms with Crippen LogP contribution in [-0.2, 0) is 21.3 Å². The fourth-order valence-electron chi connectivity index (χ4n) is 1.51. The highest BCUT2D eigenvalue weighted by atomic mass is 32.2. The molecule has 8 heteroatoms. The van der Waals surface area contributed by atoms with Crippen molar-refractivity contribution in [2.45, 2.75) is 18.2 Å². The lowest BCUT2D eigenvalue weighted by Gasteiger charge is -2.10. The Balaban J connectivity index is 3.32. The molecule has 0 fully saturated rings. The Labute approximate surface area is 109 Å². The lowest BCUT2D eigenvalue weighted by Crippen LogP contribution is -2.15. The Kier molecular flexibility index (Phi) is 4.28. The van der Waals surface area contributed by atoms with E-state index in [4.69, 9.17) is 14.8 Å². The quantitative estimate of drug-likeness (QED) is 0.686. The van der Waals surface area contributed by atoms with Crippen molar-refractivity contribution in [2.24, 2.45) is 5.92 Å². The molecule has 0 aromatic heterocycles. The standard InChI is InChI=1S/C11H12O7S/c1-6(10(12)13)4-7-2-3-8(11(14)15)5-9(7)19(16,17)18/h2-3,5-6H,4H2,1H3,(H,12,13)(H,14,15)(H,16,17,18). The highest BCUT2D eigenvalue weighted by Gasteiger charge is 2.21. The molecule has 0 aliphatic rings. The maximum absolute atomic E-state index is 11.2. The molecule has 1 aromatic carbocycles. The average molecular weight is 288 g/mol. The Morgan fingerprint density at radius 2 is 1.84 bits per heavy atom.